The van der Waals surface area contributed by atoms with Gasteiger partial charge < -0.3 is 11.1 Å². The van der Waals surface area contributed by atoms with Crippen molar-refractivity contribution in [3.05, 3.63) is 35.4 Å². The van der Waals surface area contributed by atoms with Crippen molar-refractivity contribution in [2.75, 3.05) is 0 Å². The zero-order chi connectivity index (χ0) is 12.9. The predicted octanol–water partition coefficient (Wildman–Crippen LogP) is 3.35. The molecule has 0 saturated heterocycles. The molecule has 21 heavy (non-hydrogen) atoms. The van der Waals surface area contributed by atoms with E-state index in [0.717, 1.165) is 12.1 Å². The van der Waals surface area contributed by atoms with Crippen LogP contribution in [0.25, 0.3) is 0 Å². The molecule has 0 aliphatic heterocycles. The van der Waals surface area contributed by atoms with Crippen LogP contribution in [-0.4, -0.2) is 18.1 Å². The van der Waals surface area contributed by atoms with E-state index in [9.17, 15) is 0 Å². The third-order valence-electron chi connectivity index (χ3n) is 5.68. The highest BCUT2D eigenvalue weighted by Gasteiger charge is 2.58. The van der Waals surface area contributed by atoms with Crippen LogP contribution < -0.4 is 11.1 Å². The second-order valence-electron chi connectivity index (χ2n) is 6.85. The summed E-state index contributed by atoms with van der Waals surface area (Å²) in [5, 5.41) is 3.93. The van der Waals surface area contributed by atoms with E-state index < -0.39 is 0 Å². The summed E-state index contributed by atoms with van der Waals surface area (Å²) >= 11 is 0. The van der Waals surface area contributed by atoms with Crippen molar-refractivity contribution in [1.82, 2.24) is 5.32 Å². The highest BCUT2D eigenvalue weighted by atomic mass is 35.5. The Hall–Kier alpha value is -0.280. The summed E-state index contributed by atoms with van der Waals surface area (Å²) in [6, 6.07) is 11.0. The lowest BCUT2D eigenvalue weighted by Crippen LogP contribution is -2.40. The fourth-order valence-corrected chi connectivity index (χ4v) is 4.38. The Balaban J connectivity index is 0.000000807. The Morgan fingerprint density at radius 3 is 2.52 bits per heavy atom. The number of aryl methyl sites for hydroxylation is 1. The van der Waals surface area contributed by atoms with Crippen molar-refractivity contribution >= 4 is 24.8 Å². The smallest absolute Gasteiger partial charge is 0.0176 e. The van der Waals surface area contributed by atoms with Gasteiger partial charge in [0.15, 0.2) is 0 Å². The van der Waals surface area contributed by atoms with Crippen LogP contribution in [0.4, 0.5) is 0 Å². The molecule has 0 amide bonds. The number of rotatable bonds is 2. The van der Waals surface area contributed by atoms with Gasteiger partial charge >= 0.3 is 0 Å². The molecule has 1 aromatic rings. The predicted molar refractivity (Wildman–Crippen MR) is 92.7 cm³/mol. The topological polar surface area (TPSA) is 38.0 Å². The minimum atomic E-state index is 0. The molecule has 2 nitrogen and oxygen atoms in total. The quantitative estimate of drug-likeness (QED) is 0.873. The average molecular weight is 329 g/mol. The Labute approximate surface area is 140 Å². The number of fused-ring (bicyclic) bond motifs is 2. The zero-order valence-electron chi connectivity index (χ0n) is 12.4. The first-order chi connectivity index (χ1) is 9.28. The summed E-state index contributed by atoms with van der Waals surface area (Å²) in [7, 11) is 0. The molecule has 2 atom stereocenters. The number of benzene rings is 1. The van der Waals surface area contributed by atoms with E-state index >= 15 is 0 Å². The van der Waals surface area contributed by atoms with Gasteiger partial charge in [-0.25, -0.2) is 0 Å². The minimum Gasteiger partial charge on any atom is -0.328 e. The Bertz CT molecular complexity index is 485. The van der Waals surface area contributed by atoms with Crippen LogP contribution in [0.2, 0.25) is 0 Å². The number of nitrogens with one attached hydrogen (secondary N) is 1. The van der Waals surface area contributed by atoms with Crippen LogP contribution >= 0.6 is 24.8 Å². The van der Waals surface area contributed by atoms with Crippen molar-refractivity contribution in [2.45, 2.75) is 68.5 Å². The molecule has 4 heteroatoms. The van der Waals surface area contributed by atoms with E-state index in [0.29, 0.717) is 11.5 Å². The van der Waals surface area contributed by atoms with Gasteiger partial charge in [-0.05, 0) is 56.1 Å². The van der Waals surface area contributed by atoms with Crippen molar-refractivity contribution < 1.29 is 0 Å². The SMILES string of the molecule is Cl.Cl.N[C@H]1CC[C@H](N[C@@H]2C[C@@]23CCc2ccccc23)CC1. The zero-order valence-corrected chi connectivity index (χ0v) is 14.0. The molecule has 1 spiro atoms. The first-order valence-corrected chi connectivity index (χ1v) is 7.88. The fourth-order valence-electron chi connectivity index (χ4n) is 4.38. The second kappa shape index (κ2) is 6.45. The number of nitrogens with two attached hydrogens (primary N) is 1. The molecule has 3 aliphatic rings. The molecule has 118 valence electrons. The normalized spacial score (nSPS) is 36.5. The van der Waals surface area contributed by atoms with Gasteiger partial charge in [0.1, 0.15) is 0 Å². The van der Waals surface area contributed by atoms with E-state index in [1.54, 1.807) is 11.1 Å². The standard InChI is InChI=1S/C17H24N2.2ClH/c18-13-5-7-14(8-6-13)19-16-11-17(16)10-9-12-3-1-2-4-15(12)17;;/h1-4,13-14,16,19H,5-11,18H2;2*1H/t13-,14-,16-,17-;;/m1../s1. The highest BCUT2D eigenvalue weighted by Crippen LogP contribution is 2.57. The van der Waals surface area contributed by atoms with E-state index in [-0.39, 0.29) is 24.8 Å². The second-order valence-corrected chi connectivity index (χ2v) is 6.85. The van der Waals surface area contributed by atoms with Crippen LogP contribution in [0.3, 0.4) is 0 Å². The van der Waals surface area contributed by atoms with Gasteiger partial charge in [-0.1, -0.05) is 24.3 Å². The van der Waals surface area contributed by atoms with Crippen LogP contribution in [0.1, 0.15) is 49.7 Å². The van der Waals surface area contributed by atoms with Crippen molar-refractivity contribution in [1.29, 1.82) is 0 Å². The van der Waals surface area contributed by atoms with Crippen LogP contribution in [0.15, 0.2) is 24.3 Å². The Kier molecular flexibility index (Phi) is 5.25. The number of hydrogen-bond donors (Lipinski definition) is 2. The molecular weight excluding hydrogens is 303 g/mol. The van der Waals surface area contributed by atoms with Gasteiger partial charge in [0, 0.05) is 23.5 Å². The molecule has 0 unspecified atom stereocenters. The molecule has 2 saturated carbocycles. The van der Waals surface area contributed by atoms with Gasteiger partial charge in [0.2, 0.25) is 0 Å². The highest BCUT2D eigenvalue weighted by molar-refractivity contribution is 5.85. The van der Waals surface area contributed by atoms with Crippen LogP contribution in [0.5, 0.6) is 0 Å². The molecule has 3 aliphatic carbocycles. The molecule has 2 fully saturated rings. The molecule has 0 aromatic heterocycles. The number of hydrogen-bond acceptors (Lipinski definition) is 2. The molecule has 0 bridgehead atoms. The summed E-state index contributed by atoms with van der Waals surface area (Å²) in [5.74, 6) is 0. The van der Waals surface area contributed by atoms with Gasteiger partial charge in [0.05, 0.1) is 0 Å². The van der Waals surface area contributed by atoms with Crippen LogP contribution in [0, 0.1) is 0 Å². The monoisotopic (exact) mass is 328 g/mol. The minimum absolute atomic E-state index is 0. The summed E-state index contributed by atoms with van der Waals surface area (Å²) < 4.78 is 0. The van der Waals surface area contributed by atoms with Gasteiger partial charge in [-0.3, -0.25) is 0 Å². The van der Waals surface area contributed by atoms with E-state index in [1.165, 1.54) is 44.9 Å². The summed E-state index contributed by atoms with van der Waals surface area (Å²) in [5.41, 5.74) is 9.72. The Morgan fingerprint density at radius 1 is 1.05 bits per heavy atom. The average Bonchev–Trinajstić information content (AvgIpc) is 3.00. The molecular formula is C17H26Cl2N2. The van der Waals surface area contributed by atoms with Gasteiger partial charge in [-0.2, -0.15) is 0 Å². The van der Waals surface area contributed by atoms with E-state index in [2.05, 4.69) is 29.6 Å². The lowest BCUT2D eigenvalue weighted by atomic mass is 9.91. The van der Waals surface area contributed by atoms with Gasteiger partial charge in [-0.15, -0.1) is 24.8 Å². The van der Waals surface area contributed by atoms with Crippen molar-refractivity contribution in [3.8, 4) is 0 Å². The molecule has 0 radical (unpaired) electrons. The molecule has 1 aromatic carbocycles. The first kappa shape index (κ1) is 17.1. The maximum Gasteiger partial charge on any atom is 0.0176 e. The lowest BCUT2D eigenvalue weighted by Gasteiger charge is -2.28. The van der Waals surface area contributed by atoms with Gasteiger partial charge in [0.25, 0.3) is 0 Å². The van der Waals surface area contributed by atoms with E-state index in [1.807, 2.05) is 0 Å². The fraction of sp³-hybridized carbons (Fsp3) is 0.647. The van der Waals surface area contributed by atoms with Crippen LogP contribution in [-0.2, 0) is 11.8 Å². The molecule has 4 rings (SSSR count). The van der Waals surface area contributed by atoms with Crippen molar-refractivity contribution in [2.24, 2.45) is 5.73 Å². The molecule has 0 heterocycles. The maximum atomic E-state index is 5.99. The third-order valence-corrected chi connectivity index (χ3v) is 5.68. The summed E-state index contributed by atoms with van der Waals surface area (Å²) in [6.07, 6.45) is 8.94. The lowest BCUT2D eigenvalue weighted by molar-refractivity contribution is 0.333. The molecule has 3 N–H and O–H groups in total. The van der Waals surface area contributed by atoms with E-state index in [4.69, 9.17) is 5.73 Å². The summed E-state index contributed by atoms with van der Waals surface area (Å²) in [4.78, 5) is 0. The summed E-state index contributed by atoms with van der Waals surface area (Å²) in [6.45, 7) is 0. The number of halogens is 2. The van der Waals surface area contributed by atoms with Crippen molar-refractivity contribution in [3.63, 3.8) is 0 Å². The Morgan fingerprint density at radius 2 is 1.76 bits per heavy atom. The largest absolute Gasteiger partial charge is 0.328 e. The third kappa shape index (κ3) is 2.96. The maximum absolute atomic E-state index is 5.99. The first-order valence-electron chi connectivity index (χ1n) is 7.88.